The average molecular weight is 665 g/mol. The number of nitrogens with one attached hydrogen (secondary N) is 1. The first-order chi connectivity index (χ1) is 20.8. The molecule has 0 saturated carbocycles. The van der Waals surface area contributed by atoms with Crippen LogP contribution in [0, 0.1) is 0 Å². The van der Waals surface area contributed by atoms with E-state index in [1.165, 1.54) is 4.68 Å². The third kappa shape index (κ3) is 6.75. The first-order valence-corrected chi connectivity index (χ1v) is 15.8. The first kappa shape index (κ1) is 31.9. The highest BCUT2D eigenvalue weighted by Gasteiger charge is 2.24. The van der Waals surface area contributed by atoms with Crippen molar-refractivity contribution in [2.75, 3.05) is 59.0 Å². The smallest absolute Gasteiger partial charge is 0.264 e. The van der Waals surface area contributed by atoms with Crippen LogP contribution >= 0.6 is 23.2 Å². The molecule has 1 aliphatic heterocycles. The molecule has 0 spiro atoms. The number of carbonyl (C=O) groups excluding carboxylic acids is 1. The summed E-state index contributed by atoms with van der Waals surface area (Å²) in [5, 5.41) is 9.88. The van der Waals surface area contributed by atoms with E-state index >= 15 is 0 Å². The van der Waals surface area contributed by atoms with Gasteiger partial charge in [0.2, 0.25) is 10.0 Å². The Kier molecular flexibility index (Phi) is 9.30. The van der Waals surface area contributed by atoms with E-state index in [4.69, 9.17) is 42.8 Å². The van der Waals surface area contributed by atoms with Gasteiger partial charge in [0, 0.05) is 45.6 Å². The number of carbonyl (C=O) groups is 1. The molecule has 0 bridgehead atoms. The third-order valence-electron chi connectivity index (χ3n) is 7.13. The number of anilines is 1. The molecule has 44 heavy (non-hydrogen) atoms. The SMILES string of the molecule is COc1ccc(Cc2nc3c(c(N(C)C)nn3-c3c(Cl)cc(S(N)(=O)=O)cc3Cl)c(=O)[nH]2)cc1CC(=O)CN1CCOCC1. The van der Waals surface area contributed by atoms with Crippen LogP contribution in [0.5, 0.6) is 5.75 Å². The Morgan fingerprint density at radius 3 is 2.45 bits per heavy atom. The molecule has 5 rings (SSSR count). The lowest BCUT2D eigenvalue weighted by atomic mass is 10.0. The molecule has 0 atom stereocenters. The first-order valence-electron chi connectivity index (χ1n) is 13.5. The summed E-state index contributed by atoms with van der Waals surface area (Å²) in [7, 11) is 0.893. The van der Waals surface area contributed by atoms with E-state index in [1.54, 1.807) is 32.2 Å². The molecule has 0 aliphatic carbocycles. The number of hydrogen-bond donors (Lipinski definition) is 2. The van der Waals surface area contributed by atoms with Crippen LogP contribution in [-0.2, 0) is 32.4 Å². The number of aromatic nitrogens is 4. The number of Topliss-reactive ketones (excluding diaryl/α,β-unsaturated/α-hetero) is 1. The maximum Gasteiger partial charge on any atom is 0.264 e. The molecule has 13 nitrogen and oxygen atoms in total. The summed E-state index contributed by atoms with van der Waals surface area (Å²) in [6.45, 7) is 2.96. The van der Waals surface area contributed by atoms with E-state index in [2.05, 4.69) is 15.0 Å². The van der Waals surface area contributed by atoms with Crippen molar-refractivity contribution in [2.24, 2.45) is 5.14 Å². The highest BCUT2D eigenvalue weighted by molar-refractivity contribution is 7.89. The number of hydrogen-bond acceptors (Lipinski definition) is 10. The molecule has 0 unspecified atom stereocenters. The number of halogens is 2. The zero-order valence-corrected chi connectivity index (χ0v) is 26.6. The van der Waals surface area contributed by atoms with Crippen LogP contribution in [0.4, 0.5) is 5.82 Å². The van der Waals surface area contributed by atoms with Gasteiger partial charge in [0.25, 0.3) is 5.56 Å². The Balaban J connectivity index is 1.52. The monoisotopic (exact) mass is 663 g/mol. The number of H-pyrrole nitrogens is 1. The number of benzene rings is 2. The lowest BCUT2D eigenvalue weighted by Gasteiger charge is -2.25. The number of methoxy groups -OCH3 is 1. The zero-order valence-electron chi connectivity index (χ0n) is 24.3. The van der Waals surface area contributed by atoms with Gasteiger partial charge in [0.05, 0.1) is 41.8 Å². The van der Waals surface area contributed by atoms with Crippen LogP contribution < -0.4 is 20.3 Å². The molecule has 3 heterocycles. The van der Waals surface area contributed by atoms with Crippen molar-refractivity contribution >= 4 is 55.9 Å². The highest BCUT2D eigenvalue weighted by atomic mass is 35.5. The topological polar surface area (TPSA) is 166 Å². The van der Waals surface area contributed by atoms with Crippen molar-refractivity contribution in [3.8, 4) is 11.4 Å². The number of nitrogens with two attached hydrogens (primary N) is 1. The number of fused-ring (bicyclic) bond motifs is 1. The van der Waals surface area contributed by atoms with Gasteiger partial charge in [-0.05, 0) is 23.8 Å². The molecule has 1 fully saturated rings. The largest absolute Gasteiger partial charge is 0.496 e. The van der Waals surface area contributed by atoms with Crippen LogP contribution in [0.1, 0.15) is 17.0 Å². The van der Waals surface area contributed by atoms with Crippen LogP contribution in [0.15, 0.2) is 40.0 Å². The molecule has 4 aromatic rings. The van der Waals surface area contributed by atoms with Gasteiger partial charge in [-0.1, -0.05) is 35.3 Å². The Morgan fingerprint density at radius 1 is 1.16 bits per heavy atom. The molecule has 234 valence electrons. The van der Waals surface area contributed by atoms with Crippen LogP contribution in [0.2, 0.25) is 10.0 Å². The minimum Gasteiger partial charge on any atom is -0.496 e. The van der Waals surface area contributed by atoms with Crippen LogP contribution in [-0.4, -0.2) is 92.9 Å². The number of aromatic amines is 1. The normalized spacial score (nSPS) is 14.2. The van der Waals surface area contributed by atoms with Crippen molar-refractivity contribution in [3.05, 3.63) is 67.7 Å². The summed E-state index contributed by atoms with van der Waals surface area (Å²) in [6, 6.07) is 7.80. The summed E-state index contributed by atoms with van der Waals surface area (Å²) in [4.78, 5) is 37.3. The van der Waals surface area contributed by atoms with E-state index in [1.807, 2.05) is 12.1 Å². The second kappa shape index (κ2) is 12.8. The fourth-order valence-electron chi connectivity index (χ4n) is 5.07. The number of ketones is 1. The minimum absolute atomic E-state index is 0.0534. The Morgan fingerprint density at radius 2 is 1.84 bits per heavy atom. The standard InChI is InChI=1S/C28H31Cl2N7O6S/c1-35(2)27-24-26(37(34-27)25-20(29)13-19(14-21(25)30)44(31,40)41)32-23(33-28(24)39)11-16-4-5-22(42-3)17(10-16)12-18(38)15-36-6-8-43-9-7-36/h4-5,10,13-14H,6-9,11-12,15H2,1-3H3,(H2,31,40,41)(H,32,33,39). The quantitative estimate of drug-likeness (QED) is 0.257. The Hall–Kier alpha value is -3.53. The van der Waals surface area contributed by atoms with Crippen LogP contribution in [0.25, 0.3) is 16.7 Å². The van der Waals surface area contributed by atoms with Gasteiger partial charge in [-0.25, -0.2) is 23.2 Å². The lowest BCUT2D eigenvalue weighted by molar-refractivity contribution is -0.120. The second-order valence-electron chi connectivity index (χ2n) is 10.5. The van der Waals surface area contributed by atoms with Gasteiger partial charge >= 0.3 is 0 Å². The predicted octanol–water partition coefficient (Wildman–Crippen LogP) is 2.17. The van der Waals surface area contributed by atoms with Crippen molar-refractivity contribution in [2.45, 2.75) is 17.7 Å². The summed E-state index contributed by atoms with van der Waals surface area (Å²) < 4.78 is 36.0. The molecule has 1 aliphatic rings. The van der Waals surface area contributed by atoms with Crippen molar-refractivity contribution in [1.82, 2.24) is 24.6 Å². The van der Waals surface area contributed by atoms with Crippen molar-refractivity contribution in [3.63, 3.8) is 0 Å². The number of rotatable bonds is 10. The molecule has 16 heteroatoms. The molecule has 2 aromatic carbocycles. The minimum atomic E-state index is -4.08. The predicted molar refractivity (Wildman–Crippen MR) is 167 cm³/mol. The second-order valence-corrected chi connectivity index (χ2v) is 12.9. The molecule has 0 radical (unpaired) electrons. The van der Waals surface area contributed by atoms with E-state index in [9.17, 15) is 18.0 Å². The summed E-state index contributed by atoms with van der Waals surface area (Å²) in [5.41, 5.74) is 1.36. The number of sulfonamides is 1. The maximum absolute atomic E-state index is 13.4. The number of morpholine rings is 1. The van der Waals surface area contributed by atoms with Gasteiger partial charge in [-0.2, -0.15) is 0 Å². The van der Waals surface area contributed by atoms with Gasteiger partial charge in [-0.15, -0.1) is 5.10 Å². The zero-order chi connectivity index (χ0) is 31.8. The van der Waals surface area contributed by atoms with Gasteiger partial charge < -0.3 is 19.4 Å². The highest BCUT2D eigenvalue weighted by Crippen LogP contribution is 2.34. The van der Waals surface area contributed by atoms with Gasteiger partial charge in [0.1, 0.15) is 22.6 Å². The molecule has 0 amide bonds. The summed E-state index contributed by atoms with van der Waals surface area (Å²) in [6.07, 6.45) is 0.399. The number of ether oxygens (including phenoxy) is 2. The molecular formula is C28H31Cl2N7O6S. The molecular weight excluding hydrogens is 633 g/mol. The van der Waals surface area contributed by atoms with Crippen molar-refractivity contribution in [1.29, 1.82) is 0 Å². The third-order valence-corrected chi connectivity index (χ3v) is 8.60. The van der Waals surface area contributed by atoms with Gasteiger partial charge in [-0.3, -0.25) is 14.5 Å². The van der Waals surface area contributed by atoms with E-state index < -0.39 is 15.6 Å². The fourth-order valence-corrected chi connectivity index (χ4v) is 6.41. The van der Waals surface area contributed by atoms with Crippen LogP contribution in [0.3, 0.4) is 0 Å². The average Bonchev–Trinajstić information content (AvgIpc) is 3.33. The summed E-state index contributed by atoms with van der Waals surface area (Å²) >= 11 is 13.0. The number of primary sulfonamides is 1. The lowest BCUT2D eigenvalue weighted by Crippen LogP contribution is -2.39. The molecule has 2 aromatic heterocycles. The number of nitrogens with zero attached hydrogens (tertiary/aromatic N) is 5. The van der Waals surface area contributed by atoms with Gasteiger partial charge in [0.15, 0.2) is 17.2 Å². The fraction of sp³-hybridized carbons (Fsp3) is 0.357. The van der Waals surface area contributed by atoms with E-state index in [-0.39, 0.29) is 50.3 Å². The maximum atomic E-state index is 13.4. The van der Waals surface area contributed by atoms with E-state index in [0.717, 1.165) is 23.3 Å². The summed E-state index contributed by atoms with van der Waals surface area (Å²) in [5.74, 6) is 1.26. The molecule has 1 saturated heterocycles. The van der Waals surface area contributed by atoms with Crippen molar-refractivity contribution < 1.29 is 22.7 Å². The van der Waals surface area contributed by atoms with E-state index in [0.29, 0.717) is 50.2 Å². The Bertz CT molecular complexity index is 1880. The Labute approximate surface area is 263 Å². The molecule has 3 N–H and O–H groups in total.